The molecule has 0 amide bonds. The molecule has 0 atom stereocenters. The fourth-order valence-corrected chi connectivity index (χ4v) is 1.37. The number of rotatable bonds is 7. The zero-order valence-corrected chi connectivity index (χ0v) is 10.7. The molecule has 0 aromatic heterocycles. The number of hydrogen-bond donors (Lipinski definition) is 1. The van der Waals surface area contributed by atoms with Gasteiger partial charge in [0.1, 0.15) is 0 Å². The molecule has 0 bridgehead atoms. The Bertz CT molecular complexity index is 173. The molecule has 0 spiro atoms. The van der Waals surface area contributed by atoms with Crippen LogP contribution in [-0.4, -0.2) is 49.8 Å². The first-order valence-electron chi connectivity index (χ1n) is 6.03. The van der Waals surface area contributed by atoms with Crippen LogP contribution in [0.4, 0.5) is 0 Å². The average molecular weight is 214 g/mol. The summed E-state index contributed by atoms with van der Waals surface area (Å²) in [5.41, 5.74) is -0.00684. The Labute approximate surface area is 94.2 Å². The molecule has 1 aliphatic carbocycles. The lowest BCUT2D eigenvalue weighted by atomic mass is 10.2. The van der Waals surface area contributed by atoms with Crippen LogP contribution < -0.4 is 5.32 Å². The second-order valence-corrected chi connectivity index (χ2v) is 5.49. The van der Waals surface area contributed by atoms with Gasteiger partial charge in [-0.25, -0.2) is 0 Å². The summed E-state index contributed by atoms with van der Waals surface area (Å²) in [5, 5.41) is 3.51. The van der Waals surface area contributed by atoms with Gasteiger partial charge in [0.15, 0.2) is 0 Å². The van der Waals surface area contributed by atoms with E-state index in [4.69, 9.17) is 4.74 Å². The number of nitrogens with zero attached hydrogens (tertiary/aromatic N) is 1. The van der Waals surface area contributed by atoms with Crippen molar-refractivity contribution in [1.82, 2.24) is 10.2 Å². The maximum atomic E-state index is 5.68. The summed E-state index contributed by atoms with van der Waals surface area (Å²) in [7, 11) is 2.15. The highest BCUT2D eigenvalue weighted by Gasteiger charge is 2.19. The van der Waals surface area contributed by atoms with E-state index in [0.717, 1.165) is 32.3 Å². The molecule has 15 heavy (non-hydrogen) atoms. The highest BCUT2D eigenvalue weighted by Crippen LogP contribution is 2.17. The summed E-state index contributed by atoms with van der Waals surface area (Å²) in [6.07, 6.45) is 2.74. The summed E-state index contributed by atoms with van der Waals surface area (Å²) in [4.78, 5) is 2.32. The lowest BCUT2D eigenvalue weighted by molar-refractivity contribution is -0.0106. The van der Waals surface area contributed by atoms with Gasteiger partial charge in [-0.1, -0.05) is 0 Å². The first-order valence-corrected chi connectivity index (χ1v) is 6.03. The minimum Gasteiger partial charge on any atom is -0.375 e. The minimum absolute atomic E-state index is 0.00684. The lowest BCUT2D eigenvalue weighted by Crippen LogP contribution is -2.33. The van der Waals surface area contributed by atoms with E-state index in [1.54, 1.807) is 0 Å². The molecule has 1 N–H and O–H groups in total. The van der Waals surface area contributed by atoms with Crippen molar-refractivity contribution in [3.63, 3.8) is 0 Å². The van der Waals surface area contributed by atoms with Crippen molar-refractivity contribution in [3.05, 3.63) is 0 Å². The quantitative estimate of drug-likeness (QED) is 0.695. The number of likely N-dealkylation sites (N-methyl/N-ethyl adjacent to an activating group) is 1. The molecule has 1 saturated carbocycles. The highest BCUT2D eigenvalue weighted by molar-refractivity contribution is 4.80. The van der Waals surface area contributed by atoms with Crippen LogP contribution in [0, 0.1) is 0 Å². The van der Waals surface area contributed by atoms with Crippen LogP contribution in [0.3, 0.4) is 0 Å². The molecule has 3 heteroatoms. The predicted molar refractivity (Wildman–Crippen MR) is 64.2 cm³/mol. The molecule has 1 aliphatic rings. The summed E-state index contributed by atoms with van der Waals surface area (Å²) in [6, 6.07) is 0.823. The Hall–Kier alpha value is -0.120. The molecule has 1 fully saturated rings. The van der Waals surface area contributed by atoms with E-state index in [9.17, 15) is 0 Å². The van der Waals surface area contributed by atoms with Crippen LogP contribution >= 0.6 is 0 Å². The fraction of sp³-hybridized carbons (Fsp3) is 1.00. The van der Waals surface area contributed by atoms with Crippen LogP contribution in [-0.2, 0) is 4.74 Å². The van der Waals surface area contributed by atoms with E-state index in [1.807, 2.05) is 0 Å². The Morgan fingerprint density at radius 1 is 1.27 bits per heavy atom. The van der Waals surface area contributed by atoms with Gasteiger partial charge in [0, 0.05) is 25.7 Å². The van der Waals surface area contributed by atoms with Crippen molar-refractivity contribution in [2.24, 2.45) is 0 Å². The molecule has 0 unspecified atom stereocenters. The van der Waals surface area contributed by atoms with E-state index >= 15 is 0 Å². The van der Waals surface area contributed by atoms with Crippen molar-refractivity contribution in [3.8, 4) is 0 Å². The molecule has 0 saturated heterocycles. The zero-order valence-electron chi connectivity index (χ0n) is 10.7. The van der Waals surface area contributed by atoms with Gasteiger partial charge in [-0.15, -0.1) is 0 Å². The highest BCUT2D eigenvalue weighted by atomic mass is 16.5. The summed E-state index contributed by atoms with van der Waals surface area (Å²) in [6.45, 7) is 10.4. The second-order valence-electron chi connectivity index (χ2n) is 5.49. The molecule has 1 rings (SSSR count). The monoisotopic (exact) mass is 214 g/mol. The van der Waals surface area contributed by atoms with Crippen molar-refractivity contribution in [2.75, 3.05) is 33.3 Å². The largest absolute Gasteiger partial charge is 0.375 e. The van der Waals surface area contributed by atoms with Gasteiger partial charge in [0.2, 0.25) is 0 Å². The fourth-order valence-electron chi connectivity index (χ4n) is 1.37. The maximum Gasteiger partial charge on any atom is 0.0600 e. The van der Waals surface area contributed by atoms with Gasteiger partial charge >= 0.3 is 0 Å². The Kier molecular flexibility index (Phi) is 5.03. The van der Waals surface area contributed by atoms with Crippen molar-refractivity contribution in [2.45, 2.75) is 45.3 Å². The van der Waals surface area contributed by atoms with E-state index in [1.165, 1.54) is 12.8 Å². The summed E-state index contributed by atoms with van der Waals surface area (Å²) >= 11 is 0. The number of ether oxygens (including phenoxy) is 1. The van der Waals surface area contributed by atoms with Gasteiger partial charge in [-0.3, -0.25) is 0 Å². The van der Waals surface area contributed by atoms with Crippen LogP contribution in [0.2, 0.25) is 0 Å². The SMILES string of the molecule is CN(CCNC1CC1)CCOC(C)(C)C. The molecule has 0 heterocycles. The van der Waals surface area contributed by atoms with E-state index < -0.39 is 0 Å². The second kappa shape index (κ2) is 5.83. The number of nitrogens with one attached hydrogen (secondary N) is 1. The molecular formula is C12H26N2O. The average Bonchev–Trinajstić information content (AvgIpc) is 2.85. The van der Waals surface area contributed by atoms with Gasteiger partial charge < -0.3 is 15.0 Å². The molecule has 3 nitrogen and oxygen atoms in total. The molecule has 90 valence electrons. The topological polar surface area (TPSA) is 24.5 Å². The summed E-state index contributed by atoms with van der Waals surface area (Å²) in [5.74, 6) is 0. The van der Waals surface area contributed by atoms with Crippen molar-refractivity contribution >= 4 is 0 Å². The molecule has 0 aromatic carbocycles. The third-order valence-corrected chi connectivity index (χ3v) is 2.51. The van der Waals surface area contributed by atoms with Crippen LogP contribution in [0.15, 0.2) is 0 Å². The minimum atomic E-state index is -0.00684. The van der Waals surface area contributed by atoms with E-state index in [-0.39, 0.29) is 5.60 Å². The zero-order chi connectivity index (χ0) is 11.3. The number of hydrogen-bond acceptors (Lipinski definition) is 3. The standard InChI is InChI=1S/C12H26N2O/c1-12(2,3)15-10-9-14(4)8-7-13-11-5-6-11/h11,13H,5-10H2,1-4H3. The van der Waals surface area contributed by atoms with Crippen LogP contribution in [0.25, 0.3) is 0 Å². The van der Waals surface area contributed by atoms with Crippen molar-refractivity contribution < 1.29 is 4.74 Å². The Morgan fingerprint density at radius 3 is 2.47 bits per heavy atom. The smallest absolute Gasteiger partial charge is 0.0600 e. The Balaban J connectivity index is 1.90. The first kappa shape index (κ1) is 12.9. The third kappa shape index (κ3) is 7.77. The third-order valence-electron chi connectivity index (χ3n) is 2.51. The lowest BCUT2D eigenvalue weighted by Gasteiger charge is -2.22. The molecular weight excluding hydrogens is 188 g/mol. The van der Waals surface area contributed by atoms with Crippen LogP contribution in [0.5, 0.6) is 0 Å². The van der Waals surface area contributed by atoms with Gasteiger partial charge in [-0.2, -0.15) is 0 Å². The first-order chi connectivity index (χ1) is 6.97. The van der Waals surface area contributed by atoms with Gasteiger partial charge in [-0.05, 0) is 40.7 Å². The van der Waals surface area contributed by atoms with Gasteiger partial charge in [0.05, 0.1) is 12.2 Å². The van der Waals surface area contributed by atoms with Crippen molar-refractivity contribution in [1.29, 1.82) is 0 Å². The normalized spacial score (nSPS) is 17.4. The van der Waals surface area contributed by atoms with E-state index in [2.05, 4.69) is 38.0 Å². The van der Waals surface area contributed by atoms with E-state index in [0.29, 0.717) is 0 Å². The molecule has 0 aromatic rings. The molecule has 0 aliphatic heterocycles. The maximum absolute atomic E-state index is 5.68. The Morgan fingerprint density at radius 2 is 1.93 bits per heavy atom. The van der Waals surface area contributed by atoms with Gasteiger partial charge in [0.25, 0.3) is 0 Å². The summed E-state index contributed by atoms with van der Waals surface area (Å²) < 4.78 is 5.68. The van der Waals surface area contributed by atoms with Crippen LogP contribution in [0.1, 0.15) is 33.6 Å². The predicted octanol–water partition coefficient (Wildman–Crippen LogP) is 1.49. The molecule has 0 radical (unpaired) electrons.